The molecule has 144 valence electrons. The van der Waals surface area contributed by atoms with Crippen molar-refractivity contribution < 1.29 is 19.1 Å². The van der Waals surface area contributed by atoms with Gasteiger partial charge in [-0.2, -0.15) is 11.8 Å². The van der Waals surface area contributed by atoms with E-state index in [-0.39, 0.29) is 23.1 Å². The molecule has 2 amide bonds. The van der Waals surface area contributed by atoms with Gasteiger partial charge in [0.15, 0.2) is 6.61 Å². The van der Waals surface area contributed by atoms with E-state index in [1.54, 1.807) is 0 Å². The zero-order valence-electron chi connectivity index (χ0n) is 14.6. The second kappa shape index (κ2) is 12.0. The lowest BCUT2D eigenvalue weighted by molar-refractivity contribution is -0.150. The maximum atomic E-state index is 12.4. The van der Waals surface area contributed by atoms with Crippen LogP contribution in [0, 0.1) is 0 Å². The summed E-state index contributed by atoms with van der Waals surface area (Å²) in [5, 5.41) is 5.81. The molecule has 0 aliphatic rings. The van der Waals surface area contributed by atoms with Gasteiger partial charge in [0.25, 0.3) is 11.8 Å². The van der Waals surface area contributed by atoms with Gasteiger partial charge in [-0.15, -0.1) is 0 Å². The summed E-state index contributed by atoms with van der Waals surface area (Å²) in [6.45, 7) is 2.05. The summed E-state index contributed by atoms with van der Waals surface area (Å²) < 4.78 is 5.02. The highest BCUT2D eigenvalue weighted by Gasteiger charge is 2.24. The summed E-state index contributed by atoms with van der Waals surface area (Å²) in [5.74, 6) is -0.915. The van der Waals surface area contributed by atoms with E-state index in [4.69, 9.17) is 27.9 Å². The Bertz CT molecular complexity index is 643. The Morgan fingerprint density at radius 3 is 2.62 bits per heavy atom. The van der Waals surface area contributed by atoms with Crippen molar-refractivity contribution in [3.63, 3.8) is 0 Å². The Labute approximate surface area is 167 Å². The lowest BCUT2D eigenvalue weighted by Crippen LogP contribution is -2.43. The molecule has 0 saturated carbocycles. The Hall–Kier alpha value is -1.44. The fourth-order valence-electron chi connectivity index (χ4n) is 1.95. The van der Waals surface area contributed by atoms with Gasteiger partial charge in [0.2, 0.25) is 0 Å². The van der Waals surface area contributed by atoms with Gasteiger partial charge < -0.3 is 15.4 Å². The van der Waals surface area contributed by atoms with Crippen molar-refractivity contribution >= 4 is 52.7 Å². The molecule has 1 aromatic rings. The summed E-state index contributed by atoms with van der Waals surface area (Å²) in [6.07, 6.45) is 3.04. The average molecular weight is 421 g/mol. The number of esters is 1. The summed E-state index contributed by atoms with van der Waals surface area (Å²) in [6, 6.07) is 3.59. The van der Waals surface area contributed by atoms with Crippen molar-refractivity contribution in [2.75, 3.05) is 25.2 Å². The van der Waals surface area contributed by atoms with Gasteiger partial charge in [0, 0.05) is 11.6 Å². The first kappa shape index (κ1) is 22.6. The topological polar surface area (TPSA) is 84.5 Å². The predicted octanol–water partition coefficient (Wildman–Crippen LogP) is 2.91. The Morgan fingerprint density at radius 1 is 1.27 bits per heavy atom. The molecule has 1 aromatic carbocycles. The highest BCUT2D eigenvalue weighted by atomic mass is 35.5. The molecule has 26 heavy (non-hydrogen) atoms. The fourth-order valence-corrected chi connectivity index (χ4v) is 2.91. The maximum Gasteiger partial charge on any atom is 0.329 e. The molecule has 0 heterocycles. The molecule has 0 spiro atoms. The third kappa shape index (κ3) is 7.85. The first-order valence-corrected chi connectivity index (χ1v) is 10.2. The van der Waals surface area contributed by atoms with Gasteiger partial charge in [0.1, 0.15) is 6.04 Å². The molecule has 2 N–H and O–H groups in total. The number of nitrogens with one attached hydrogen (secondary N) is 2. The minimum Gasteiger partial charge on any atom is -0.454 e. The molecule has 6 nitrogen and oxygen atoms in total. The summed E-state index contributed by atoms with van der Waals surface area (Å²) in [4.78, 5) is 36.2. The van der Waals surface area contributed by atoms with Crippen molar-refractivity contribution in [1.82, 2.24) is 10.6 Å². The van der Waals surface area contributed by atoms with Crippen molar-refractivity contribution in [2.45, 2.75) is 25.8 Å². The molecule has 0 saturated heterocycles. The van der Waals surface area contributed by atoms with E-state index >= 15 is 0 Å². The third-order valence-electron chi connectivity index (χ3n) is 3.29. The first-order chi connectivity index (χ1) is 12.4. The van der Waals surface area contributed by atoms with Gasteiger partial charge in [-0.25, -0.2) is 4.79 Å². The molecule has 1 rings (SSSR count). The van der Waals surface area contributed by atoms with Crippen LogP contribution in [-0.4, -0.2) is 49.0 Å². The lowest BCUT2D eigenvalue weighted by Gasteiger charge is -2.17. The zero-order chi connectivity index (χ0) is 19.5. The lowest BCUT2D eigenvalue weighted by atomic mass is 10.1. The van der Waals surface area contributed by atoms with Crippen LogP contribution >= 0.6 is 35.0 Å². The highest BCUT2D eigenvalue weighted by molar-refractivity contribution is 7.98. The van der Waals surface area contributed by atoms with Gasteiger partial charge in [0.05, 0.1) is 10.6 Å². The van der Waals surface area contributed by atoms with Gasteiger partial charge in [-0.05, 0) is 43.0 Å². The van der Waals surface area contributed by atoms with E-state index in [2.05, 4.69) is 10.6 Å². The minimum atomic E-state index is -0.874. The fraction of sp³-hybridized carbons (Fsp3) is 0.471. The minimum absolute atomic E-state index is 0.186. The first-order valence-electron chi connectivity index (χ1n) is 8.07. The standard InChI is InChI=1S/C17H22Cl2N2O4S/c1-3-7-20-15(22)10-25-17(24)14(6-8-26-2)21-16(23)12-5-4-11(18)9-13(12)19/h4-5,9,14H,3,6-8,10H2,1-2H3,(H,20,22)(H,21,23)/t14-/m0/s1. The van der Waals surface area contributed by atoms with Crippen LogP contribution in [-0.2, 0) is 14.3 Å². The van der Waals surface area contributed by atoms with Crippen LogP contribution < -0.4 is 10.6 Å². The molecule has 0 aromatic heterocycles. The highest BCUT2D eigenvalue weighted by Crippen LogP contribution is 2.21. The summed E-state index contributed by atoms with van der Waals surface area (Å²) in [7, 11) is 0. The van der Waals surface area contributed by atoms with Crippen molar-refractivity contribution in [1.29, 1.82) is 0 Å². The third-order valence-corrected chi connectivity index (χ3v) is 4.49. The number of ether oxygens (including phenoxy) is 1. The van der Waals surface area contributed by atoms with Crippen LogP contribution in [0.1, 0.15) is 30.1 Å². The Morgan fingerprint density at radius 2 is 2.00 bits per heavy atom. The van der Waals surface area contributed by atoms with E-state index in [9.17, 15) is 14.4 Å². The van der Waals surface area contributed by atoms with Crippen molar-refractivity contribution in [2.24, 2.45) is 0 Å². The Kier molecular flexibility index (Phi) is 10.5. The molecule has 1 atom stereocenters. The van der Waals surface area contributed by atoms with Crippen molar-refractivity contribution in [3.8, 4) is 0 Å². The monoisotopic (exact) mass is 420 g/mol. The molecular formula is C17H22Cl2N2O4S. The number of carbonyl (C=O) groups is 3. The van der Waals surface area contributed by atoms with Gasteiger partial charge in [-0.1, -0.05) is 30.1 Å². The smallest absolute Gasteiger partial charge is 0.329 e. The van der Waals surface area contributed by atoms with E-state index in [1.807, 2.05) is 13.2 Å². The maximum absolute atomic E-state index is 12.4. The van der Waals surface area contributed by atoms with E-state index in [0.717, 1.165) is 6.42 Å². The molecule has 0 unspecified atom stereocenters. The van der Waals surface area contributed by atoms with Gasteiger partial charge >= 0.3 is 5.97 Å². The summed E-state index contributed by atoms with van der Waals surface area (Å²) in [5.41, 5.74) is 0.207. The van der Waals surface area contributed by atoms with Gasteiger partial charge in [-0.3, -0.25) is 9.59 Å². The number of thioether (sulfide) groups is 1. The zero-order valence-corrected chi connectivity index (χ0v) is 17.0. The van der Waals surface area contributed by atoms with Crippen LogP contribution in [0.4, 0.5) is 0 Å². The average Bonchev–Trinajstić information content (AvgIpc) is 2.61. The predicted molar refractivity (Wildman–Crippen MR) is 105 cm³/mol. The molecule has 0 fully saturated rings. The molecule has 0 aliphatic carbocycles. The number of hydrogen-bond donors (Lipinski definition) is 2. The molecule has 9 heteroatoms. The SMILES string of the molecule is CCCNC(=O)COC(=O)[C@H](CCSC)NC(=O)c1ccc(Cl)cc1Cl. The summed E-state index contributed by atoms with van der Waals surface area (Å²) >= 11 is 13.4. The molecule has 0 aliphatic heterocycles. The molecule has 0 bridgehead atoms. The second-order valence-electron chi connectivity index (χ2n) is 5.39. The van der Waals surface area contributed by atoms with Crippen LogP contribution in [0.15, 0.2) is 18.2 Å². The normalized spacial score (nSPS) is 11.5. The second-order valence-corrected chi connectivity index (χ2v) is 7.22. The van der Waals surface area contributed by atoms with E-state index < -0.39 is 17.9 Å². The number of benzene rings is 1. The number of halogens is 2. The van der Waals surface area contributed by atoms with Crippen LogP contribution in [0.3, 0.4) is 0 Å². The Balaban J connectivity index is 2.71. The largest absolute Gasteiger partial charge is 0.454 e. The molecular weight excluding hydrogens is 399 g/mol. The van der Waals surface area contributed by atoms with E-state index in [0.29, 0.717) is 23.7 Å². The van der Waals surface area contributed by atoms with E-state index in [1.165, 1.54) is 30.0 Å². The number of hydrogen-bond acceptors (Lipinski definition) is 5. The number of rotatable bonds is 10. The van der Waals surface area contributed by atoms with Crippen molar-refractivity contribution in [3.05, 3.63) is 33.8 Å². The van der Waals surface area contributed by atoms with Crippen LogP contribution in [0.25, 0.3) is 0 Å². The number of amides is 2. The molecule has 0 radical (unpaired) electrons. The van der Waals surface area contributed by atoms with Crippen LogP contribution in [0.2, 0.25) is 10.0 Å². The number of carbonyl (C=O) groups excluding carboxylic acids is 3. The quantitative estimate of drug-likeness (QED) is 0.568. The van der Waals surface area contributed by atoms with Crippen LogP contribution in [0.5, 0.6) is 0 Å².